The normalized spacial score (nSPS) is 19.8. The van der Waals surface area contributed by atoms with Crippen molar-refractivity contribution in [2.45, 2.75) is 13.8 Å². The monoisotopic (exact) mass is 502 g/mol. The summed E-state index contributed by atoms with van der Waals surface area (Å²) in [6.07, 6.45) is 1.37. The number of ether oxygens (including phenoxy) is 2. The highest BCUT2D eigenvalue weighted by atomic mass is 16.5. The number of rotatable bonds is 9. The molecule has 0 N–H and O–H groups in total. The van der Waals surface area contributed by atoms with Gasteiger partial charge in [0.15, 0.2) is 11.4 Å². The molecule has 10 heteroatoms. The predicted molar refractivity (Wildman–Crippen MR) is 137 cm³/mol. The van der Waals surface area contributed by atoms with Crippen LogP contribution in [0.1, 0.15) is 13.8 Å². The molecule has 2 amide bonds. The van der Waals surface area contributed by atoms with Gasteiger partial charge in [-0.25, -0.2) is 9.59 Å². The number of anilines is 2. The molecule has 2 aromatic rings. The first kappa shape index (κ1) is 25.5. The maximum atomic E-state index is 13.7. The van der Waals surface area contributed by atoms with Gasteiger partial charge in [-0.05, 0) is 38.1 Å². The van der Waals surface area contributed by atoms with Crippen LogP contribution in [-0.2, 0) is 28.7 Å². The SMILES string of the molecule is C=CC(C1C(=O)N(c2ccccc2)N=C1C(=O)OCC)C1C(=O)N(c2ccccc2)N=C1C(=O)OCC. The van der Waals surface area contributed by atoms with Crippen molar-refractivity contribution in [3.05, 3.63) is 73.3 Å². The summed E-state index contributed by atoms with van der Waals surface area (Å²) in [6, 6.07) is 17.1. The number of esters is 2. The molecule has 10 nitrogen and oxygen atoms in total. The summed E-state index contributed by atoms with van der Waals surface area (Å²) in [5.41, 5.74) is 0.495. The molecule has 0 aromatic heterocycles. The lowest BCUT2D eigenvalue weighted by atomic mass is 9.76. The summed E-state index contributed by atoms with van der Waals surface area (Å²) in [7, 11) is 0. The maximum absolute atomic E-state index is 13.7. The molecule has 2 atom stereocenters. The highest BCUT2D eigenvalue weighted by molar-refractivity contribution is 6.46. The van der Waals surface area contributed by atoms with Crippen LogP contribution in [0.3, 0.4) is 0 Å². The second kappa shape index (κ2) is 11.0. The van der Waals surface area contributed by atoms with Crippen LogP contribution in [0.4, 0.5) is 11.4 Å². The Hall–Kier alpha value is -4.60. The average molecular weight is 503 g/mol. The van der Waals surface area contributed by atoms with Crippen LogP contribution in [0.2, 0.25) is 0 Å². The van der Waals surface area contributed by atoms with E-state index in [2.05, 4.69) is 16.8 Å². The Kier molecular flexibility index (Phi) is 7.57. The van der Waals surface area contributed by atoms with Gasteiger partial charge in [-0.15, -0.1) is 6.58 Å². The van der Waals surface area contributed by atoms with Gasteiger partial charge in [0.2, 0.25) is 0 Å². The summed E-state index contributed by atoms with van der Waals surface area (Å²) in [6.45, 7) is 7.22. The number of carbonyl (C=O) groups is 4. The van der Waals surface area contributed by atoms with Crippen LogP contribution in [-0.4, -0.2) is 48.4 Å². The third kappa shape index (κ3) is 4.77. The van der Waals surface area contributed by atoms with E-state index in [1.807, 2.05) is 0 Å². The number of hydrogen-bond acceptors (Lipinski definition) is 8. The summed E-state index contributed by atoms with van der Waals surface area (Å²) in [4.78, 5) is 53.3. The quantitative estimate of drug-likeness (QED) is 0.384. The Morgan fingerprint density at radius 2 is 1.19 bits per heavy atom. The van der Waals surface area contributed by atoms with Gasteiger partial charge < -0.3 is 9.47 Å². The topological polar surface area (TPSA) is 118 Å². The molecule has 0 radical (unpaired) electrons. The van der Waals surface area contributed by atoms with E-state index >= 15 is 0 Å². The second-order valence-corrected chi connectivity index (χ2v) is 8.15. The molecule has 0 saturated carbocycles. The van der Waals surface area contributed by atoms with E-state index in [4.69, 9.17) is 9.47 Å². The largest absolute Gasteiger partial charge is 0.461 e. The van der Waals surface area contributed by atoms with Crippen LogP contribution >= 0.6 is 0 Å². The first-order valence-electron chi connectivity index (χ1n) is 11.8. The molecule has 2 heterocycles. The summed E-state index contributed by atoms with van der Waals surface area (Å²) >= 11 is 0. The van der Waals surface area contributed by atoms with Crippen LogP contribution in [0.25, 0.3) is 0 Å². The first-order chi connectivity index (χ1) is 17.9. The predicted octanol–water partition coefficient (Wildman–Crippen LogP) is 2.95. The minimum absolute atomic E-state index is 0.0581. The standard InChI is InChI=1S/C27H26N4O6/c1-4-19(20-22(26(34)36-5-2)28-30(24(20)32)17-13-9-7-10-14-17)21-23(27(35)37-6-3)29-31(25(21)33)18-15-11-8-12-16-18/h4,7-16,19-21H,1,5-6H2,2-3H3. The molecule has 0 fully saturated rings. The van der Waals surface area contributed by atoms with E-state index in [1.165, 1.54) is 6.08 Å². The molecule has 2 aliphatic rings. The molecule has 2 aliphatic heterocycles. The number of amides is 2. The Labute approximate surface area is 213 Å². The third-order valence-electron chi connectivity index (χ3n) is 5.97. The number of hydrogen-bond donors (Lipinski definition) is 0. The highest BCUT2D eigenvalue weighted by Crippen LogP contribution is 2.38. The van der Waals surface area contributed by atoms with Crippen LogP contribution in [0.15, 0.2) is 83.5 Å². The molecule has 0 saturated heterocycles. The van der Waals surface area contributed by atoms with Gasteiger partial charge in [0, 0.05) is 5.92 Å². The van der Waals surface area contributed by atoms with E-state index in [-0.39, 0.29) is 24.6 Å². The van der Waals surface area contributed by atoms with Gasteiger partial charge in [0.1, 0.15) is 0 Å². The minimum Gasteiger partial charge on any atom is -0.461 e. The molecule has 190 valence electrons. The number of benzene rings is 2. The van der Waals surface area contributed by atoms with Crippen molar-refractivity contribution in [3.8, 4) is 0 Å². The number of carbonyl (C=O) groups excluding carboxylic acids is 4. The summed E-state index contributed by atoms with van der Waals surface area (Å²) < 4.78 is 10.4. The summed E-state index contributed by atoms with van der Waals surface area (Å²) in [5, 5.41) is 10.8. The lowest BCUT2D eigenvalue weighted by Crippen LogP contribution is -2.44. The Bertz CT molecular complexity index is 1180. The molecular weight excluding hydrogens is 476 g/mol. The van der Waals surface area contributed by atoms with Crippen molar-refractivity contribution in [1.29, 1.82) is 0 Å². The minimum atomic E-state index is -1.25. The molecule has 0 aliphatic carbocycles. The van der Waals surface area contributed by atoms with Gasteiger partial charge in [-0.1, -0.05) is 42.5 Å². The zero-order valence-electron chi connectivity index (χ0n) is 20.4. The lowest BCUT2D eigenvalue weighted by molar-refractivity contribution is -0.136. The van der Waals surface area contributed by atoms with Crippen molar-refractivity contribution >= 4 is 46.6 Å². The molecule has 0 spiro atoms. The van der Waals surface area contributed by atoms with E-state index in [1.54, 1.807) is 74.5 Å². The molecule has 2 aromatic carbocycles. The van der Waals surface area contributed by atoms with Gasteiger partial charge in [0.25, 0.3) is 11.8 Å². The lowest BCUT2D eigenvalue weighted by Gasteiger charge is -2.25. The van der Waals surface area contributed by atoms with Crippen LogP contribution < -0.4 is 10.0 Å². The van der Waals surface area contributed by atoms with E-state index < -0.39 is 41.5 Å². The molecule has 0 bridgehead atoms. The van der Waals surface area contributed by atoms with Crippen LogP contribution in [0.5, 0.6) is 0 Å². The zero-order valence-corrected chi connectivity index (χ0v) is 20.4. The van der Waals surface area contributed by atoms with Crippen molar-refractivity contribution in [3.63, 3.8) is 0 Å². The van der Waals surface area contributed by atoms with E-state index in [9.17, 15) is 19.2 Å². The molecule has 2 unspecified atom stereocenters. The number of para-hydroxylation sites is 2. The second-order valence-electron chi connectivity index (χ2n) is 8.15. The van der Waals surface area contributed by atoms with Crippen molar-refractivity contribution in [1.82, 2.24) is 0 Å². The fourth-order valence-corrected chi connectivity index (χ4v) is 4.35. The number of nitrogens with zero attached hydrogens (tertiary/aromatic N) is 4. The number of allylic oxidation sites excluding steroid dienone is 1. The highest BCUT2D eigenvalue weighted by Gasteiger charge is 2.53. The fourth-order valence-electron chi connectivity index (χ4n) is 4.35. The average Bonchev–Trinajstić information content (AvgIpc) is 3.44. The maximum Gasteiger partial charge on any atom is 0.355 e. The number of hydrazone groups is 2. The van der Waals surface area contributed by atoms with Crippen molar-refractivity contribution in [2.24, 2.45) is 28.0 Å². The molecule has 37 heavy (non-hydrogen) atoms. The molecular formula is C27H26N4O6. The van der Waals surface area contributed by atoms with Gasteiger partial charge in [-0.2, -0.15) is 20.2 Å². The Morgan fingerprint density at radius 3 is 1.51 bits per heavy atom. The molecule has 4 rings (SSSR count). The zero-order chi connectivity index (χ0) is 26.5. The fraction of sp³-hybridized carbons (Fsp3) is 0.259. The van der Waals surface area contributed by atoms with Crippen LogP contribution in [0, 0.1) is 17.8 Å². The Morgan fingerprint density at radius 1 is 0.811 bits per heavy atom. The van der Waals surface area contributed by atoms with Crippen molar-refractivity contribution in [2.75, 3.05) is 23.2 Å². The van der Waals surface area contributed by atoms with E-state index in [0.717, 1.165) is 10.0 Å². The Balaban J connectivity index is 1.79. The third-order valence-corrected chi connectivity index (χ3v) is 5.97. The van der Waals surface area contributed by atoms with Gasteiger partial charge in [0.05, 0.1) is 36.4 Å². The van der Waals surface area contributed by atoms with Crippen molar-refractivity contribution < 1.29 is 28.7 Å². The summed E-state index contributed by atoms with van der Waals surface area (Å²) in [5.74, 6) is -6.27. The van der Waals surface area contributed by atoms with E-state index in [0.29, 0.717) is 11.4 Å². The van der Waals surface area contributed by atoms with Gasteiger partial charge >= 0.3 is 11.9 Å². The smallest absolute Gasteiger partial charge is 0.355 e. The van der Waals surface area contributed by atoms with Gasteiger partial charge in [-0.3, -0.25) is 9.59 Å². The first-order valence-corrected chi connectivity index (χ1v) is 11.8.